The van der Waals surface area contributed by atoms with Crippen LogP contribution in [0.5, 0.6) is 11.9 Å². The maximum atomic E-state index is 12.3. The Bertz CT molecular complexity index is 971. The average Bonchev–Trinajstić information content (AvgIpc) is 3.25. The van der Waals surface area contributed by atoms with Gasteiger partial charge in [-0.05, 0) is 19.3 Å². The quantitative estimate of drug-likeness (QED) is 0.624. The van der Waals surface area contributed by atoms with E-state index in [0.29, 0.717) is 36.3 Å². The van der Waals surface area contributed by atoms with Gasteiger partial charge >= 0.3 is 12.0 Å². The molecule has 2 aromatic rings. The molecule has 0 atom stereocenters. The Morgan fingerprint density at radius 1 is 1.09 bits per heavy atom. The molecule has 12 heteroatoms. The molecular formula is C21H29N7O4S. The van der Waals surface area contributed by atoms with E-state index in [1.165, 1.54) is 24.9 Å². The molecule has 0 unspecified atom stereocenters. The number of carbonyl (C=O) groups excluding carboxylic acids is 2. The van der Waals surface area contributed by atoms with Crippen LogP contribution < -0.4 is 25.0 Å². The number of piperidine rings is 1. The smallest absolute Gasteiger partial charge is 0.321 e. The number of nitrogens with zero attached hydrogens (tertiary/aromatic N) is 5. The molecule has 4 rings (SSSR count). The molecule has 0 bridgehead atoms. The van der Waals surface area contributed by atoms with Gasteiger partial charge in [0.1, 0.15) is 5.82 Å². The third kappa shape index (κ3) is 5.81. The second kappa shape index (κ2) is 10.6. The lowest BCUT2D eigenvalue weighted by molar-refractivity contribution is -0.131. The number of fused-ring (bicyclic) bond motifs is 1. The number of anilines is 2. The van der Waals surface area contributed by atoms with Gasteiger partial charge in [0.15, 0.2) is 5.13 Å². The van der Waals surface area contributed by atoms with Crippen molar-refractivity contribution in [2.24, 2.45) is 0 Å². The summed E-state index contributed by atoms with van der Waals surface area (Å²) in [6, 6.07) is 1.67. The highest BCUT2D eigenvalue weighted by molar-refractivity contribution is 7.15. The number of hydrogen-bond donors (Lipinski definition) is 2. The van der Waals surface area contributed by atoms with Crippen LogP contribution in [0, 0.1) is 0 Å². The molecule has 0 spiro atoms. The zero-order valence-electron chi connectivity index (χ0n) is 18.9. The summed E-state index contributed by atoms with van der Waals surface area (Å²) in [6.07, 6.45) is 4.34. The molecule has 2 aliphatic heterocycles. The number of likely N-dealkylation sites (tertiary alicyclic amines) is 1. The maximum absolute atomic E-state index is 12.3. The summed E-state index contributed by atoms with van der Waals surface area (Å²) in [6.45, 7) is 3.29. The Kier molecular flexibility index (Phi) is 7.43. The Hall–Kier alpha value is -3.15. The predicted octanol–water partition coefficient (Wildman–Crippen LogP) is 2.04. The topological polar surface area (TPSA) is 122 Å². The molecule has 0 aliphatic carbocycles. The minimum absolute atomic E-state index is 0.0952. The Labute approximate surface area is 196 Å². The number of rotatable bonds is 7. The Morgan fingerprint density at radius 3 is 2.67 bits per heavy atom. The molecule has 178 valence electrons. The number of ether oxygens (including phenoxy) is 2. The number of urea groups is 1. The van der Waals surface area contributed by atoms with Crippen molar-refractivity contribution in [2.75, 3.05) is 50.6 Å². The summed E-state index contributed by atoms with van der Waals surface area (Å²) in [7, 11) is 3.07. The van der Waals surface area contributed by atoms with E-state index in [1.54, 1.807) is 13.2 Å². The SMILES string of the molecule is COc1cc(N2CCc3nc(NC(=O)NCCC(=O)N4CCCCC4)sc3C2)nc(OC)n1. The standard InChI is InChI=1S/C21H29N7O4S/c1-31-17-12-16(24-20(25-17)32-2)28-11-7-14-15(13-28)33-21(23-14)26-19(30)22-8-6-18(29)27-9-4-3-5-10-27/h12H,3-11,13H2,1-2H3,(H2,22,23,26,30). The summed E-state index contributed by atoms with van der Waals surface area (Å²) >= 11 is 1.44. The molecule has 2 N–H and O–H groups in total. The summed E-state index contributed by atoms with van der Waals surface area (Å²) in [4.78, 5) is 42.7. The van der Waals surface area contributed by atoms with Gasteiger partial charge in [-0.3, -0.25) is 10.1 Å². The molecule has 3 amide bonds. The molecule has 11 nitrogen and oxygen atoms in total. The van der Waals surface area contributed by atoms with Crippen LogP contribution in [-0.4, -0.2) is 72.2 Å². The summed E-state index contributed by atoms with van der Waals surface area (Å²) in [5.74, 6) is 1.24. The van der Waals surface area contributed by atoms with E-state index in [1.807, 2.05) is 4.90 Å². The fourth-order valence-electron chi connectivity index (χ4n) is 3.92. The summed E-state index contributed by atoms with van der Waals surface area (Å²) in [5, 5.41) is 6.09. The van der Waals surface area contributed by atoms with Crippen molar-refractivity contribution in [1.82, 2.24) is 25.2 Å². The highest BCUT2D eigenvalue weighted by Crippen LogP contribution is 2.31. The van der Waals surface area contributed by atoms with Gasteiger partial charge in [0.2, 0.25) is 11.8 Å². The van der Waals surface area contributed by atoms with Crippen LogP contribution >= 0.6 is 11.3 Å². The van der Waals surface area contributed by atoms with E-state index in [0.717, 1.165) is 49.5 Å². The molecular weight excluding hydrogens is 446 g/mol. The van der Waals surface area contributed by atoms with Crippen LogP contribution in [-0.2, 0) is 17.8 Å². The van der Waals surface area contributed by atoms with Crippen molar-refractivity contribution in [2.45, 2.75) is 38.6 Å². The Morgan fingerprint density at radius 2 is 1.91 bits per heavy atom. The van der Waals surface area contributed by atoms with Crippen molar-refractivity contribution in [3.05, 3.63) is 16.6 Å². The lowest BCUT2D eigenvalue weighted by Crippen LogP contribution is -2.38. The monoisotopic (exact) mass is 475 g/mol. The third-order valence-corrected chi connectivity index (χ3v) is 6.67. The van der Waals surface area contributed by atoms with Crippen molar-refractivity contribution in [1.29, 1.82) is 0 Å². The molecule has 1 fully saturated rings. The highest BCUT2D eigenvalue weighted by atomic mass is 32.1. The minimum Gasteiger partial charge on any atom is -0.481 e. The first kappa shape index (κ1) is 23.0. The van der Waals surface area contributed by atoms with E-state index in [2.05, 4.69) is 30.5 Å². The number of thiazole rings is 1. The van der Waals surface area contributed by atoms with Crippen LogP contribution in [0.25, 0.3) is 0 Å². The van der Waals surface area contributed by atoms with Gasteiger partial charge in [-0.1, -0.05) is 11.3 Å². The normalized spacial score (nSPS) is 15.6. The van der Waals surface area contributed by atoms with Crippen molar-refractivity contribution in [3.8, 4) is 11.9 Å². The zero-order valence-corrected chi connectivity index (χ0v) is 19.7. The van der Waals surface area contributed by atoms with E-state index < -0.39 is 0 Å². The largest absolute Gasteiger partial charge is 0.481 e. The van der Waals surface area contributed by atoms with Crippen LogP contribution in [0.1, 0.15) is 36.3 Å². The van der Waals surface area contributed by atoms with Crippen molar-refractivity contribution < 1.29 is 19.1 Å². The summed E-state index contributed by atoms with van der Waals surface area (Å²) < 4.78 is 10.4. The van der Waals surface area contributed by atoms with Crippen molar-refractivity contribution in [3.63, 3.8) is 0 Å². The molecule has 0 radical (unpaired) electrons. The van der Waals surface area contributed by atoms with Crippen LogP contribution in [0.15, 0.2) is 6.07 Å². The molecule has 4 heterocycles. The highest BCUT2D eigenvalue weighted by Gasteiger charge is 2.24. The van der Waals surface area contributed by atoms with E-state index in [4.69, 9.17) is 9.47 Å². The average molecular weight is 476 g/mol. The van der Waals surface area contributed by atoms with Gasteiger partial charge in [-0.2, -0.15) is 9.97 Å². The van der Waals surface area contributed by atoms with E-state index >= 15 is 0 Å². The fraction of sp³-hybridized carbons (Fsp3) is 0.571. The minimum atomic E-state index is -0.352. The van der Waals surface area contributed by atoms with E-state index in [9.17, 15) is 9.59 Å². The molecule has 0 saturated carbocycles. The second-order valence-corrected chi connectivity index (χ2v) is 8.97. The number of carbonyl (C=O) groups is 2. The first-order chi connectivity index (χ1) is 16.1. The number of methoxy groups -OCH3 is 2. The van der Waals surface area contributed by atoms with Gasteiger partial charge in [-0.25, -0.2) is 9.78 Å². The first-order valence-electron chi connectivity index (χ1n) is 11.1. The number of aromatic nitrogens is 3. The third-order valence-electron chi connectivity index (χ3n) is 5.67. The van der Waals surface area contributed by atoms with Crippen molar-refractivity contribution >= 4 is 34.2 Å². The van der Waals surface area contributed by atoms with Crippen LogP contribution in [0.3, 0.4) is 0 Å². The lowest BCUT2D eigenvalue weighted by Gasteiger charge is -2.27. The predicted molar refractivity (Wildman–Crippen MR) is 124 cm³/mol. The number of hydrogen-bond acceptors (Lipinski definition) is 9. The molecule has 0 aromatic carbocycles. The molecule has 2 aromatic heterocycles. The van der Waals surface area contributed by atoms with Gasteiger partial charge in [0.25, 0.3) is 0 Å². The Balaban J connectivity index is 1.29. The van der Waals surface area contributed by atoms with E-state index in [-0.39, 0.29) is 17.9 Å². The van der Waals surface area contributed by atoms with Gasteiger partial charge in [0.05, 0.1) is 26.5 Å². The number of nitrogens with one attached hydrogen (secondary N) is 2. The maximum Gasteiger partial charge on any atom is 0.321 e. The van der Waals surface area contributed by atoms with Gasteiger partial charge in [0, 0.05) is 50.0 Å². The summed E-state index contributed by atoms with van der Waals surface area (Å²) in [5.41, 5.74) is 0.972. The van der Waals surface area contributed by atoms with Crippen LogP contribution in [0.2, 0.25) is 0 Å². The van der Waals surface area contributed by atoms with Crippen LogP contribution in [0.4, 0.5) is 15.7 Å². The lowest BCUT2D eigenvalue weighted by atomic mass is 10.1. The van der Waals surface area contributed by atoms with Gasteiger partial charge in [-0.15, -0.1) is 0 Å². The first-order valence-corrected chi connectivity index (χ1v) is 11.9. The fourth-order valence-corrected chi connectivity index (χ4v) is 4.94. The molecule has 1 saturated heterocycles. The molecule has 2 aliphatic rings. The van der Waals surface area contributed by atoms with Gasteiger partial charge < -0.3 is 24.6 Å². The molecule has 33 heavy (non-hydrogen) atoms. The second-order valence-electron chi connectivity index (χ2n) is 7.89. The number of amides is 3. The zero-order chi connectivity index (χ0) is 23.2.